The van der Waals surface area contributed by atoms with Crippen molar-refractivity contribution in [1.29, 1.82) is 0 Å². The molecule has 0 aromatic heterocycles. The highest BCUT2D eigenvalue weighted by atomic mass is 16.4. The first-order valence-corrected chi connectivity index (χ1v) is 5.70. The molecule has 1 fully saturated rings. The first-order chi connectivity index (χ1) is 7.85. The maximum Gasteiger partial charge on any atom is 0.305 e. The average molecular weight is 240 g/mol. The molecule has 0 aromatic rings. The smallest absolute Gasteiger partial charge is 0.305 e. The number of rotatable bonds is 4. The molecular formula is C12H20N2O3. The molecule has 0 saturated carbocycles. The van der Waals surface area contributed by atoms with Gasteiger partial charge in [0.1, 0.15) is 0 Å². The average Bonchev–Trinajstić information content (AvgIpc) is 2.30. The van der Waals surface area contributed by atoms with Gasteiger partial charge in [0, 0.05) is 19.6 Å². The molecule has 5 nitrogen and oxygen atoms in total. The summed E-state index contributed by atoms with van der Waals surface area (Å²) in [5, 5.41) is 11.7. The van der Waals surface area contributed by atoms with Crippen molar-refractivity contribution >= 4 is 11.9 Å². The lowest BCUT2D eigenvalue weighted by Crippen LogP contribution is -2.46. The molecule has 0 radical (unpaired) electrons. The van der Waals surface area contributed by atoms with Crippen LogP contribution in [0.25, 0.3) is 0 Å². The third-order valence-electron chi connectivity index (χ3n) is 2.85. The summed E-state index contributed by atoms with van der Waals surface area (Å²) in [6.07, 6.45) is 1.53. The summed E-state index contributed by atoms with van der Waals surface area (Å²) in [7, 11) is 0. The van der Waals surface area contributed by atoms with Crippen LogP contribution in [0, 0.1) is 5.41 Å². The largest absolute Gasteiger partial charge is 0.481 e. The summed E-state index contributed by atoms with van der Waals surface area (Å²) in [4.78, 5) is 24.6. The predicted octanol–water partition coefficient (Wildman–Crippen LogP) is 0.474. The van der Waals surface area contributed by atoms with E-state index >= 15 is 0 Å². The number of carbonyl (C=O) groups excluding carboxylic acids is 1. The monoisotopic (exact) mass is 240 g/mol. The Balaban J connectivity index is 2.90. The summed E-state index contributed by atoms with van der Waals surface area (Å²) in [5.41, 5.74) is -0.0636. The molecule has 0 aromatic carbocycles. The molecule has 1 aliphatic heterocycles. The van der Waals surface area contributed by atoms with Crippen molar-refractivity contribution in [3.63, 3.8) is 0 Å². The van der Waals surface area contributed by atoms with Gasteiger partial charge in [-0.25, -0.2) is 0 Å². The number of carbonyl (C=O) groups is 2. The molecule has 0 bridgehead atoms. The Bertz CT molecular complexity index is 326. The molecule has 0 spiro atoms. The van der Waals surface area contributed by atoms with Crippen LogP contribution in [0.15, 0.2) is 12.7 Å². The Labute approximate surface area is 101 Å². The topological polar surface area (TPSA) is 69.6 Å². The molecule has 17 heavy (non-hydrogen) atoms. The molecule has 1 atom stereocenters. The Kier molecular flexibility index (Phi) is 4.28. The quantitative estimate of drug-likeness (QED) is 0.701. The minimum absolute atomic E-state index is 0.0636. The van der Waals surface area contributed by atoms with Gasteiger partial charge < -0.3 is 10.4 Å². The van der Waals surface area contributed by atoms with Gasteiger partial charge in [0.2, 0.25) is 5.91 Å². The Morgan fingerprint density at radius 3 is 2.88 bits per heavy atom. The van der Waals surface area contributed by atoms with Crippen LogP contribution in [0.4, 0.5) is 0 Å². The van der Waals surface area contributed by atoms with E-state index in [0.717, 1.165) is 0 Å². The van der Waals surface area contributed by atoms with Gasteiger partial charge >= 0.3 is 5.97 Å². The van der Waals surface area contributed by atoms with E-state index in [1.807, 2.05) is 18.7 Å². The van der Waals surface area contributed by atoms with Crippen LogP contribution in [0.5, 0.6) is 0 Å². The third kappa shape index (κ3) is 3.85. The van der Waals surface area contributed by atoms with Gasteiger partial charge in [-0.1, -0.05) is 19.9 Å². The van der Waals surface area contributed by atoms with Crippen molar-refractivity contribution in [3.8, 4) is 0 Å². The summed E-state index contributed by atoms with van der Waals surface area (Å²) in [6, 6.07) is -0.604. The van der Waals surface area contributed by atoms with Gasteiger partial charge in [0.15, 0.2) is 0 Å². The molecule has 96 valence electrons. The maximum atomic E-state index is 11.9. The second kappa shape index (κ2) is 5.31. The van der Waals surface area contributed by atoms with Crippen LogP contribution in [0.2, 0.25) is 0 Å². The molecule has 0 aliphatic carbocycles. The van der Waals surface area contributed by atoms with Crippen molar-refractivity contribution < 1.29 is 14.7 Å². The molecule has 1 heterocycles. The van der Waals surface area contributed by atoms with E-state index in [-0.39, 0.29) is 17.7 Å². The van der Waals surface area contributed by atoms with Crippen molar-refractivity contribution in [1.82, 2.24) is 10.2 Å². The number of carboxylic acid groups (broad SMARTS) is 1. The van der Waals surface area contributed by atoms with Crippen LogP contribution in [-0.4, -0.2) is 47.6 Å². The SMILES string of the molecule is C=CCN1CC(C)(C)CNC(=O)C1CC(=O)O. The van der Waals surface area contributed by atoms with Crippen LogP contribution in [0.1, 0.15) is 20.3 Å². The Morgan fingerprint density at radius 2 is 2.35 bits per heavy atom. The van der Waals surface area contributed by atoms with E-state index < -0.39 is 12.0 Å². The van der Waals surface area contributed by atoms with Crippen LogP contribution < -0.4 is 5.32 Å². The summed E-state index contributed by atoms with van der Waals surface area (Å²) in [6.45, 7) is 9.51. The second-order valence-electron chi connectivity index (χ2n) is 5.21. The molecule has 2 N–H and O–H groups in total. The fourth-order valence-corrected chi connectivity index (χ4v) is 2.07. The lowest BCUT2D eigenvalue weighted by molar-refractivity contribution is -0.141. The van der Waals surface area contributed by atoms with Gasteiger partial charge in [-0.15, -0.1) is 6.58 Å². The predicted molar refractivity (Wildman–Crippen MR) is 64.6 cm³/mol. The fourth-order valence-electron chi connectivity index (χ4n) is 2.07. The molecule has 5 heteroatoms. The van der Waals surface area contributed by atoms with E-state index in [4.69, 9.17) is 5.11 Å². The summed E-state index contributed by atoms with van der Waals surface area (Å²) >= 11 is 0. The van der Waals surface area contributed by atoms with E-state index in [0.29, 0.717) is 19.6 Å². The number of amides is 1. The summed E-state index contributed by atoms with van der Waals surface area (Å²) < 4.78 is 0. The Hall–Kier alpha value is -1.36. The number of nitrogens with one attached hydrogen (secondary N) is 1. The molecule has 1 aliphatic rings. The van der Waals surface area contributed by atoms with Gasteiger partial charge in [-0.2, -0.15) is 0 Å². The lowest BCUT2D eigenvalue weighted by atomic mass is 9.93. The van der Waals surface area contributed by atoms with Crippen LogP contribution >= 0.6 is 0 Å². The normalized spacial score (nSPS) is 24.8. The first-order valence-electron chi connectivity index (χ1n) is 5.70. The van der Waals surface area contributed by atoms with Crippen molar-refractivity contribution in [3.05, 3.63) is 12.7 Å². The molecular weight excluding hydrogens is 220 g/mol. The van der Waals surface area contributed by atoms with E-state index in [2.05, 4.69) is 11.9 Å². The maximum absolute atomic E-state index is 11.9. The van der Waals surface area contributed by atoms with Crippen molar-refractivity contribution in [2.24, 2.45) is 5.41 Å². The van der Waals surface area contributed by atoms with E-state index in [9.17, 15) is 9.59 Å². The minimum Gasteiger partial charge on any atom is -0.481 e. The van der Waals surface area contributed by atoms with E-state index in [1.165, 1.54) is 0 Å². The zero-order chi connectivity index (χ0) is 13.1. The molecule has 1 amide bonds. The Morgan fingerprint density at radius 1 is 1.71 bits per heavy atom. The number of aliphatic carboxylic acids is 1. The molecule has 1 rings (SSSR count). The highest BCUT2D eigenvalue weighted by Gasteiger charge is 2.35. The van der Waals surface area contributed by atoms with Crippen molar-refractivity contribution in [2.75, 3.05) is 19.6 Å². The standard InChI is InChI=1S/C12H20N2O3/c1-4-5-14-8-12(2,3)7-13-11(17)9(14)6-10(15)16/h4,9H,1,5-8H2,2-3H3,(H,13,17)(H,15,16). The lowest BCUT2D eigenvalue weighted by Gasteiger charge is -2.31. The third-order valence-corrected chi connectivity index (χ3v) is 2.85. The fraction of sp³-hybridized carbons (Fsp3) is 0.667. The van der Waals surface area contributed by atoms with Gasteiger partial charge in [-0.05, 0) is 5.41 Å². The number of carboxylic acids is 1. The van der Waals surface area contributed by atoms with Crippen LogP contribution in [0.3, 0.4) is 0 Å². The zero-order valence-corrected chi connectivity index (χ0v) is 10.4. The highest BCUT2D eigenvalue weighted by Crippen LogP contribution is 2.21. The zero-order valence-electron chi connectivity index (χ0n) is 10.4. The van der Waals surface area contributed by atoms with Gasteiger partial charge in [0.25, 0.3) is 0 Å². The number of nitrogens with zero attached hydrogens (tertiary/aromatic N) is 1. The second-order valence-corrected chi connectivity index (χ2v) is 5.21. The minimum atomic E-state index is -0.959. The van der Waals surface area contributed by atoms with Gasteiger partial charge in [0.05, 0.1) is 12.5 Å². The number of hydrogen-bond acceptors (Lipinski definition) is 3. The number of hydrogen-bond donors (Lipinski definition) is 2. The van der Waals surface area contributed by atoms with E-state index in [1.54, 1.807) is 6.08 Å². The first kappa shape index (κ1) is 13.7. The molecule has 1 unspecified atom stereocenters. The van der Waals surface area contributed by atoms with Gasteiger partial charge in [-0.3, -0.25) is 14.5 Å². The van der Waals surface area contributed by atoms with Crippen molar-refractivity contribution in [2.45, 2.75) is 26.3 Å². The summed E-state index contributed by atoms with van der Waals surface area (Å²) in [5.74, 6) is -1.17. The van der Waals surface area contributed by atoms with Crippen LogP contribution in [-0.2, 0) is 9.59 Å². The highest BCUT2D eigenvalue weighted by molar-refractivity contribution is 5.86. The molecule has 1 saturated heterocycles.